The Hall–Kier alpha value is -4.88. The Bertz CT molecular complexity index is 1730. The number of rotatable bonds is 7. The van der Waals surface area contributed by atoms with Gasteiger partial charge in [-0.1, -0.05) is 146 Å². The molecule has 1 nitrogen and oxygen atoms in total. The maximum atomic E-state index is 5.86. The molecule has 0 bridgehead atoms. The predicted molar refractivity (Wildman–Crippen MR) is 165 cm³/mol. The molecule has 1 heteroatoms. The van der Waals surface area contributed by atoms with E-state index in [1.54, 1.807) is 7.11 Å². The van der Waals surface area contributed by atoms with Crippen LogP contribution in [0.1, 0.15) is 16.7 Å². The highest BCUT2D eigenvalue weighted by atomic mass is 16.5. The smallest absolute Gasteiger partial charge is 0.134 e. The lowest BCUT2D eigenvalue weighted by Crippen LogP contribution is -1.92. The monoisotopic (exact) mass is 502 g/mol. The van der Waals surface area contributed by atoms with Crippen LogP contribution in [0.4, 0.5) is 0 Å². The zero-order valence-corrected chi connectivity index (χ0v) is 22.0. The van der Waals surface area contributed by atoms with E-state index in [1.807, 2.05) is 0 Å². The molecule has 0 atom stereocenters. The average molecular weight is 503 g/mol. The van der Waals surface area contributed by atoms with E-state index in [-0.39, 0.29) is 0 Å². The molecule has 0 saturated carbocycles. The first-order valence-electron chi connectivity index (χ1n) is 13.4. The molecule has 0 aliphatic carbocycles. The van der Waals surface area contributed by atoms with Crippen LogP contribution in [-0.4, -0.2) is 7.11 Å². The van der Waals surface area contributed by atoms with Crippen molar-refractivity contribution in [3.63, 3.8) is 0 Å². The molecule has 0 aromatic heterocycles. The fourth-order valence-corrected chi connectivity index (χ4v) is 5.25. The van der Waals surface area contributed by atoms with Crippen molar-refractivity contribution >= 4 is 16.3 Å². The zero-order chi connectivity index (χ0) is 26.4. The van der Waals surface area contributed by atoms with E-state index in [2.05, 4.69) is 152 Å². The normalized spacial score (nSPS) is 11.5. The molecular weight excluding hydrogens is 472 g/mol. The third-order valence-electron chi connectivity index (χ3n) is 7.26. The van der Waals surface area contributed by atoms with Crippen molar-refractivity contribution in [1.29, 1.82) is 0 Å². The van der Waals surface area contributed by atoms with Gasteiger partial charge in [0, 0.05) is 10.9 Å². The van der Waals surface area contributed by atoms with Crippen molar-refractivity contribution in [3.05, 3.63) is 168 Å². The van der Waals surface area contributed by atoms with Crippen molar-refractivity contribution in [2.75, 3.05) is 7.11 Å². The van der Waals surface area contributed by atoms with Crippen LogP contribution in [0.5, 0.6) is 5.75 Å². The highest BCUT2D eigenvalue weighted by molar-refractivity contribution is 5.95. The number of hydrogen-bond acceptors (Lipinski definition) is 1. The summed E-state index contributed by atoms with van der Waals surface area (Å²) in [4.78, 5) is 0. The van der Waals surface area contributed by atoms with Gasteiger partial charge in [-0.2, -0.15) is 0 Å². The van der Waals surface area contributed by atoms with Crippen molar-refractivity contribution in [3.8, 4) is 28.0 Å². The van der Waals surface area contributed by atoms with Crippen LogP contribution in [-0.2, 0) is 6.42 Å². The van der Waals surface area contributed by atoms with Gasteiger partial charge in [0.15, 0.2) is 0 Å². The second-order valence-electron chi connectivity index (χ2n) is 9.70. The Morgan fingerprint density at radius 1 is 0.564 bits per heavy atom. The zero-order valence-electron chi connectivity index (χ0n) is 22.0. The minimum Gasteiger partial charge on any atom is -0.495 e. The lowest BCUT2D eigenvalue weighted by molar-refractivity contribution is 0.421. The molecule has 0 heterocycles. The van der Waals surface area contributed by atoms with Crippen LogP contribution < -0.4 is 4.74 Å². The Balaban J connectivity index is 1.34. The highest BCUT2D eigenvalue weighted by Gasteiger charge is 2.11. The minimum atomic E-state index is 0.886. The van der Waals surface area contributed by atoms with Crippen LogP contribution >= 0.6 is 0 Å². The summed E-state index contributed by atoms with van der Waals surface area (Å²) >= 11 is 0. The maximum Gasteiger partial charge on any atom is 0.134 e. The van der Waals surface area contributed by atoms with Gasteiger partial charge in [-0.3, -0.25) is 0 Å². The summed E-state index contributed by atoms with van der Waals surface area (Å²) in [6.45, 7) is 0. The van der Waals surface area contributed by atoms with Crippen molar-refractivity contribution in [2.24, 2.45) is 0 Å². The first kappa shape index (κ1) is 24.5. The largest absolute Gasteiger partial charge is 0.495 e. The van der Waals surface area contributed by atoms with Gasteiger partial charge in [-0.05, 0) is 56.8 Å². The first-order valence-corrected chi connectivity index (χ1v) is 13.4. The van der Waals surface area contributed by atoms with Gasteiger partial charge in [-0.25, -0.2) is 0 Å². The van der Waals surface area contributed by atoms with Crippen molar-refractivity contribution in [1.82, 2.24) is 0 Å². The Morgan fingerprint density at radius 3 is 2.00 bits per heavy atom. The lowest BCUT2D eigenvalue weighted by Gasteiger charge is -2.13. The Kier molecular flexibility index (Phi) is 7.05. The third-order valence-corrected chi connectivity index (χ3v) is 7.26. The van der Waals surface area contributed by atoms with E-state index in [0.717, 1.165) is 28.7 Å². The first-order chi connectivity index (χ1) is 19.3. The molecule has 188 valence electrons. The molecule has 6 rings (SSSR count). The molecular formula is C38H30O. The molecule has 0 amide bonds. The van der Waals surface area contributed by atoms with Gasteiger partial charge >= 0.3 is 0 Å². The number of benzene rings is 6. The van der Waals surface area contributed by atoms with Crippen LogP contribution in [0.15, 0.2) is 152 Å². The fourth-order valence-electron chi connectivity index (χ4n) is 5.25. The number of hydrogen-bond donors (Lipinski definition) is 0. The number of fused-ring (bicyclic) bond motifs is 1. The van der Waals surface area contributed by atoms with Crippen LogP contribution in [0.25, 0.3) is 38.6 Å². The second-order valence-corrected chi connectivity index (χ2v) is 9.70. The quantitative estimate of drug-likeness (QED) is 0.211. The van der Waals surface area contributed by atoms with Crippen LogP contribution in [0.3, 0.4) is 0 Å². The van der Waals surface area contributed by atoms with E-state index >= 15 is 0 Å². The van der Waals surface area contributed by atoms with Gasteiger partial charge in [0.25, 0.3) is 0 Å². The summed E-state index contributed by atoms with van der Waals surface area (Å²) < 4.78 is 5.86. The predicted octanol–water partition coefficient (Wildman–Crippen LogP) is 9.86. The number of methoxy groups -OCH3 is 1. The molecule has 39 heavy (non-hydrogen) atoms. The lowest BCUT2D eigenvalue weighted by atomic mass is 9.92. The Morgan fingerprint density at radius 2 is 1.23 bits per heavy atom. The maximum absolute atomic E-state index is 5.86. The molecule has 0 fully saturated rings. The summed E-state index contributed by atoms with van der Waals surface area (Å²) in [5.74, 6) is 0.916. The summed E-state index contributed by atoms with van der Waals surface area (Å²) in [6.07, 6.45) is 3.23. The third kappa shape index (κ3) is 5.26. The number of allylic oxidation sites excluding steroid dienone is 1. The van der Waals surface area contributed by atoms with Crippen molar-refractivity contribution in [2.45, 2.75) is 6.42 Å². The number of ether oxygens (including phenoxy) is 1. The molecule has 0 aliphatic heterocycles. The standard InChI is InChI=1S/C38H30O/c1-39-38-36-18-9-8-15-31(36)24-26-37(38)32-22-20-29(21-23-32)33-16-10-17-34(27-33)35(30-13-6-3-7-14-30)25-19-28-11-4-2-5-12-28/h2-18,20-27H,19H2,1H3/b35-25+. The van der Waals surface area contributed by atoms with Crippen molar-refractivity contribution < 1.29 is 4.74 Å². The summed E-state index contributed by atoms with van der Waals surface area (Å²) in [5.41, 5.74) is 9.64. The molecule has 0 saturated heterocycles. The molecule has 6 aromatic carbocycles. The summed E-state index contributed by atoms with van der Waals surface area (Å²) in [6, 6.07) is 51.6. The van der Waals surface area contributed by atoms with E-state index in [1.165, 1.54) is 38.8 Å². The highest BCUT2D eigenvalue weighted by Crippen LogP contribution is 2.37. The van der Waals surface area contributed by atoms with E-state index in [4.69, 9.17) is 4.74 Å². The van der Waals surface area contributed by atoms with Gasteiger partial charge in [0.05, 0.1) is 7.11 Å². The molecule has 0 N–H and O–H groups in total. The summed E-state index contributed by atoms with van der Waals surface area (Å²) in [5, 5.41) is 2.31. The molecule has 0 unspecified atom stereocenters. The fraction of sp³-hybridized carbons (Fsp3) is 0.0526. The van der Waals surface area contributed by atoms with Crippen LogP contribution in [0, 0.1) is 0 Å². The van der Waals surface area contributed by atoms with Gasteiger partial charge in [0.2, 0.25) is 0 Å². The van der Waals surface area contributed by atoms with E-state index in [9.17, 15) is 0 Å². The molecule has 6 aromatic rings. The Labute approximate surface area is 230 Å². The van der Waals surface area contributed by atoms with E-state index in [0.29, 0.717) is 0 Å². The second kappa shape index (κ2) is 11.2. The molecule has 0 spiro atoms. The van der Waals surface area contributed by atoms with Gasteiger partial charge < -0.3 is 4.74 Å². The summed E-state index contributed by atoms with van der Waals surface area (Å²) in [7, 11) is 1.75. The molecule has 0 radical (unpaired) electrons. The van der Waals surface area contributed by atoms with Gasteiger partial charge in [-0.15, -0.1) is 0 Å². The van der Waals surface area contributed by atoms with Crippen LogP contribution in [0.2, 0.25) is 0 Å². The molecule has 0 aliphatic rings. The SMILES string of the molecule is COc1c(-c2ccc(-c3cccc(/C(=C/Cc4ccccc4)c4ccccc4)c3)cc2)ccc2ccccc12. The van der Waals surface area contributed by atoms with Gasteiger partial charge in [0.1, 0.15) is 5.75 Å². The minimum absolute atomic E-state index is 0.886. The topological polar surface area (TPSA) is 9.23 Å². The van der Waals surface area contributed by atoms with E-state index < -0.39 is 0 Å². The average Bonchev–Trinajstić information content (AvgIpc) is 3.02.